The first-order chi connectivity index (χ1) is 7.16. The predicted molar refractivity (Wildman–Crippen MR) is 65.2 cm³/mol. The molecular weight excluding hydrogens is 186 g/mol. The van der Waals surface area contributed by atoms with Crippen LogP contribution in [-0.4, -0.2) is 5.84 Å². The predicted octanol–water partition coefficient (Wildman–Crippen LogP) is 2.08. The molecule has 1 atom stereocenters. The maximum Gasteiger partial charge on any atom is 0.132 e. The maximum absolute atomic E-state index is 6.06. The van der Waals surface area contributed by atoms with Crippen LogP contribution in [0.4, 0.5) is 0 Å². The number of rotatable bonds is 2. The van der Waals surface area contributed by atoms with Crippen molar-refractivity contribution in [2.24, 2.45) is 22.4 Å². The molecule has 0 bridgehead atoms. The Balaban J connectivity index is 3.10. The summed E-state index contributed by atoms with van der Waals surface area (Å²) >= 11 is 0. The van der Waals surface area contributed by atoms with E-state index in [9.17, 15) is 0 Å². The molecule has 0 fully saturated rings. The van der Waals surface area contributed by atoms with E-state index in [0.717, 1.165) is 24.1 Å². The Bertz CT molecular complexity index is 335. The first kappa shape index (κ1) is 11.6. The number of allylic oxidation sites excluding steroid dienone is 3. The van der Waals surface area contributed by atoms with Gasteiger partial charge in [-0.05, 0) is 18.8 Å². The average Bonchev–Trinajstić information content (AvgIpc) is 2.23. The van der Waals surface area contributed by atoms with Crippen LogP contribution in [0.15, 0.2) is 40.7 Å². The minimum Gasteiger partial charge on any atom is -0.401 e. The molecule has 1 rings (SSSR count). The lowest BCUT2D eigenvalue weighted by molar-refractivity contribution is 0.680. The van der Waals surface area contributed by atoms with Gasteiger partial charge < -0.3 is 11.5 Å². The van der Waals surface area contributed by atoms with E-state index in [2.05, 4.69) is 18.8 Å². The maximum atomic E-state index is 6.06. The van der Waals surface area contributed by atoms with Crippen LogP contribution in [0.3, 0.4) is 0 Å². The lowest BCUT2D eigenvalue weighted by atomic mass is 9.98. The third kappa shape index (κ3) is 2.98. The highest BCUT2D eigenvalue weighted by atomic mass is 14.8. The SMILES string of the molecule is CC\C=C/C1=C(\N)C(C)C\C=C\N=C\1N. The molecule has 3 nitrogen and oxygen atoms in total. The minimum absolute atomic E-state index is 0.312. The van der Waals surface area contributed by atoms with E-state index >= 15 is 0 Å². The summed E-state index contributed by atoms with van der Waals surface area (Å²) < 4.78 is 0. The fourth-order valence-electron chi connectivity index (χ4n) is 1.43. The van der Waals surface area contributed by atoms with Crippen molar-refractivity contribution >= 4 is 5.84 Å². The topological polar surface area (TPSA) is 64.4 Å². The molecule has 4 N–H and O–H groups in total. The molecule has 1 aliphatic rings. The third-order valence-electron chi connectivity index (χ3n) is 2.45. The van der Waals surface area contributed by atoms with Crippen LogP contribution in [0, 0.1) is 5.92 Å². The second-order valence-corrected chi connectivity index (χ2v) is 3.72. The van der Waals surface area contributed by atoms with Gasteiger partial charge in [-0.15, -0.1) is 0 Å². The molecule has 0 saturated heterocycles. The zero-order valence-electron chi connectivity index (χ0n) is 9.40. The highest BCUT2D eigenvalue weighted by Gasteiger charge is 2.12. The molecule has 1 unspecified atom stereocenters. The first-order valence-electron chi connectivity index (χ1n) is 5.31. The second kappa shape index (κ2) is 5.39. The van der Waals surface area contributed by atoms with Crippen LogP contribution in [0.5, 0.6) is 0 Å². The fraction of sp³-hybridized carbons (Fsp3) is 0.417. The lowest BCUT2D eigenvalue weighted by Crippen LogP contribution is -2.22. The highest BCUT2D eigenvalue weighted by molar-refractivity contribution is 6.00. The van der Waals surface area contributed by atoms with Gasteiger partial charge in [0.25, 0.3) is 0 Å². The Kier molecular flexibility index (Phi) is 4.16. The molecule has 0 saturated carbocycles. The average molecular weight is 205 g/mol. The van der Waals surface area contributed by atoms with Crippen LogP contribution in [0.25, 0.3) is 0 Å². The van der Waals surface area contributed by atoms with Crippen LogP contribution >= 0.6 is 0 Å². The Morgan fingerprint density at radius 3 is 2.93 bits per heavy atom. The largest absolute Gasteiger partial charge is 0.401 e. The van der Waals surface area contributed by atoms with E-state index in [1.54, 1.807) is 6.20 Å². The van der Waals surface area contributed by atoms with Gasteiger partial charge in [0.1, 0.15) is 5.84 Å². The van der Waals surface area contributed by atoms with Crippen LogP contribution < -0.4 is 11.5 Å². The number of hydrogen-bond acceptors (Lipinski definition) is 3. The summed E-state index contributed by atoms with van der Waals surface area (Å²) in [6.07, 6.45) is 9.62. The smallest absolute Gasteiger partial charge is 0.132 e. The van der Waals surface area contributed by atoms with Crippen LogP contribution in [0.1, 0.15) is 26.7 Å². The van der Waals surface area contributed by atoms with E-state index in [1.165, 1.54) is 0 Å². The van der Waals surface area contributed by atoms with E-state index in [4.69, 9.17) is 11.5 Å². The van der Waals surface area contributed by atoms with Crippen molar-refractivity contribution in [2.75, 3.05) is 0 Å². The van der Waals surface area contributed by atoms with Gasteiger partial charge >= 0.3 is 0 Å². The van der Waals surface area contributed by atoms with Gasteiger partial charge in [0.05, 0.1) is 0 Å². The van der Waals surface area contributed by atoms with Gasteiger partial charge in [0.2, 0.25) is 0 Å². The van der Waals surface area contributed by atoms with E-state index in [-0.39, 0.29) is 0 Å². The van der Waals surface area contributed by atoms with E-state index < -0.39 is 0 Å². The molecule has 15 heavy (non-hydrogen) atoms. The fourth-order valence-corrected chi connectivity index (χ4v) is 1.43. The minimum atomic E-state index is 0.312. The second-order valence-electron chi connectivity index (χ2n) is 3.72. The summed E-state index contributed by atoms with van der Waals surface area (Å²) in [5.74, 6) is 0.812. The standard InChI is InChI=1S/C12H19N3/c1-3-4-7-10-11(13)9(2)6-5-8-15-12(10)14/h4-5,7-9H,3,6,13H2,1-2H3,(H2,14,15)/b7-4-,8-5+,11-10+. The Labute approximate surface area is 91.3 Å². The summed E-state index contributed by atoms with van der Waals surface area (Å²) in [7, 11) is 0. The van der Waals surface area contributed by atoms with Gasteiger partial charge in [-0.3, -0.25) is 0 Å². The number of amidine groups is 1. The Hall–Kier alpha value is -1.51. The number of hydrogen-bond donors (Lipinski definition) is 2. The Morgan fingerprint density at radius 1 is 1.53 bits per heavy atom. The number of aliphatic imine (C=N–C) groups is 1. The van der Waals surface area contributed by atoms with Gasteiger partial charge in [0, 0.05) is 17.5 Å². The summed E-state index contributed by atoms with van der Waals surface area (Å²) in [6.45, 7) is 4.17. The zero-order chi connectivity index (χ0) is 11.3. The van der Waals surface area contributed by atoms with E-state index in [0.29, 0.717) is 11.8 Å². The molecule has 82 valence electrons. The van der Waals surface area contributed by atoms with Crippen molar-refractivity contribution in [2.45, 2.75) is 26.7 Å². The molecule has 0 amide bonds. The van der Waals surface area contributed by atoms with E-state index in [1.807, 2.05) is 18.2 Å². The van der Waals surface area contributed by atoms with Crippen molar-refractivity contribution in [3.8, 4) is 0 Å². The van der Waals surface area contributed by atoms with Crippen LogP contribution in [-0.2, 0) is 0 Å². The molecule has 0 aromatic carbocycles. The molecular formula is C12H19N3. The van der Waals surface area contributed by atoms with Gasteiger partial charge in [0.15, 0.2) is 0 Å². The normalized spacial score (nSPS) is 33.2. The van der Waals surface area contributed by atoms with Gasteiger partial charge in [-0.2, -0.15) is 0 Å². The first-order valence-corrected chi connectivity index (χ1v) is 5.31. The van der Waals surface area contributed by atoms with Crippen molar-refractivity contribution < 1.29 is 0 Å². The number of nitrogens with two attached hydrogens (primary N) is 2. The van der Waals surface area contributed by atoms with Crippen LogP contribution in [0.2, 0.25) is 0 Å². The molecule has 0 aromatic rings. The third-order valence-corrected chi connectivity index (χ3v) is 2.45. The number of nitrogens with zero attached hydrogens (tertiary/aromatic N) is 1. The van der Waals surface area contributed by atoms with Crippen molar-refractivity contribution in [3.63, 3.8) is 0 Å². The molecule has 0 radical (unpaired) electrons. The molecule has 1 heterocycles. The van der Waals surface area contributed by atoms with Crippen molar-refractivity contribution in [3.05, 3.63) is 35.7 Å². The lowest BCUT2D eigenvalue weighted by Gasteiger charge is -2.15. The monoisotopic (exact) mass is 205 g/mol. The quantitative estimate of drug-likeness (QED) is 0.725. The summed E-state index contributed by atoms with van der Waals surface area (Å²) in [5, 5.41) is 0. The molecule has 1 aliphatic heterocycles. The molecule has 0 aliphatic carbocycles. The summed E-state index contributed by atoms with van der Waals surface area (Å²) in [6, 6.07) is 0. The van der Waals surface area contributed by atoms with Crippen molar-refractivity contribution in [1.29, 1.82) is 0 Å². The molecule has 0 aromatic heterocycles. The summed E-state index contributed by atoms with van der Waals surface area (Å²) in [5.41, 5.74) is 13.6. The molecule has 0 spiro atoms. The Morgan fingerprint density at radius 2 is 2.27 bits per heavy atom. The highest BCUT2D eigenvalue weighted by Crippen LogP contribution is 2.18. The van der Waals surface area contributed by atoms with Gasteiger partial charge in [-0.25, -0.2) is 4.99 Å². The van der Waals surface area contributed by atoms with Gasteiger partial charge in [-0.1, -0.05) is 32.1 Å². The molecule has 3 heteroatoms. The zero-order valence-corrected chi connectivity index (χ0v) is 9.40. The summed E-state index contributed by atoms with van der Waals surface area (Å²) in [4.78, 5) is 4.13. The van der Waals surface area contributed by atoms with Crippen molar-refractivity contribution in [1.82, 2.24) is 0 Å².